The number of pyridine rings is 1. The number of rotatable bonds is 3. The quantitative estimate of drug-likeness (QED) is 0.471. The minimum atomic E-state index is -0.734. The van der Waals surface area contributed by atoms with Crippen LogP contribution in [0.5, 0.6) is 0 Å². The first-order valence-electron chi connectivity index (χ1n) is 5.34. The van der Waals surface area contributed by atoms with Crippen LogP contribution in [0.15, 0.2) is 30.3 Å². The number of nitro groups is 1. The van der Waals surface area contributed by atoms with E-state index in [-0.39, 0.29) is 12.2 Å². The molecule has 0 saturated carbocycles. The van der Waals surface area contributed by atoms with E-state index in [0.717, 1.165) is 0 Å². The van der Waals surface area contributed by atoms with Crippen LogP contribution >= 0.6 is 0 Å². The van der Waals surface area contributed by atoms with Crippen LogP contribution < -0.4 is 0 Å². The van der Waals surface area contributed by atoms with E-state index in [2.05, 4.69) is 4.98 Å². The fourth-order valence-electron chi connectivity index (χ4n) is 1.60. The maximum Gasteiger partial charge on any atom is 0.378 e. The topological polar surface area (TPSA) is 82.3 Å². The number of esters is 1. The van der Waals surface area contributed by atoms with Gasteiger partial charge in [0.05, 0.1) is 6.61 Å². The van der Waals surface area contributed by atoms with Gasteiger partial charge in [0, 0.05) is 5.39 Å². The van der Waals surface area contributed by atoms with Crippen molar-refractivity contribution in [2.24, 2.45) is 0 Å². The Morgan fingerprint density at radius 3 is 2.83 bits per heavy atom. The van der Waals surface area contributed by atoms with Crippen LogP contribution in [-0.4, -0.2) is 22.5 Å². The average Bonchev–Trinajstić information content (AvgIpc) is 2.37. The van der Waals surface area contributed by atoms with Crippen LogP contribution in [0.2, 0.25) is 0 Å². The summed E-state index contributed by atoms with van der Waals surface area (Å²) < 4.78 is 4.78. The predicted molar refractivity (Wildman–Crippen MR) is 64.4 cm³/mol. The zero-order valence-corrected chi connectivity index (χ0v) is 9.62. The van der Waals surface area contributed by atoms with Gasteiger partial charge in [-0.05, 0) is 29.0 Å². The van der Waals surface area contributed by atoms with Gasteiger partial charge < -0.3 is 14.9 Å². The molecule has 2 aromatic rings. The first kappa shape index (κ1) is 12.0. The Kier molecular flexibility index (Phi) is 3.18. The predicted octanol–water partition coefficient (Wildman–Crippen LogP) is 2.32. The zero-order chi connectivity index (χ0) is 13.1. The number of aromatic nitrogens is 1. The molecule has 0 saturated heterocycles. The summed E-state index contributed by atoms with van der Waals surface area (Å²) in [4.78, 5) is 25.8. The van der Waals surface area contributed by atoms with Crippen LogP contribution in [0.3, 0.4) is 0 Å². The summed E-state index contributed by atoms with van der Waals surface area (Å²) in [6.45, 7) is 1.79. The second-order valence-electron chi connectivity index (χ2n) is 3.53. The van der Waals surface area contributed by atoms with Crippen molar-refractivity contribution in [3.63, 3.8) is 0 Å². The fourth-order valence-corrected chi connectivity index (χ4v) is 1.60. The number of carbonyl (C=O) groups is 1. The number of benzene rings is 1. The van der Waals surface area contributed by atoms with Gasteiger partial charge in [0.25, 0.3) is 0 Å². The van der Waals surface area contributed by atoms with Crippen LogP contribution in [0, 0.1) is 10.1 Å². The van der Waals surface area contributed by atoms with Gasteiger partial charge in [-0.2, -0.15) is 0 Å². The molecule has 1 aromatic carbocycles. The largest absolute Gasteiger partial charge is 0.462 e. The third-order valence-corrected chi connectivity index (χ3v) is 2.37. The third-order valence-electron chi connectivity index (χ3n) is 2.37. The van der Waals surface area contributed by atoms with E-state index in [4.69, 9.17) is 4.74 Å². The lowest BCUT2D eigenvalue weighted by atomic mass is 10.1. The van der Waals surface area contributed by atoms with Gasteiger partial charge in [0.1, 0.15) is 0 Å². The van der Waals surface area contributed by atoms with Gasteiger partial charge in [0.2, 0.25) is 0 Å². The van der Waals surface area contributed by atoms with Crippen molar-refractivity contribution in [2.75, 3.05) is 6.61 Å². The van der Waals surface area contributed by atoms with Gasteiger partial charge in [-0.3, -0.25) is 0 Å². The van der Waals surface area contributed by atoms with Crippen molar-refractivity contribution in [3.8, 4) is 0 Å². The SMILES string of the molecule is CCOC(=O)c1cc2ccccc2nc1[N+](=O)[O-]. The molecule has 92 valence electrons. The highest BCUT2D eigenvalue weighted by Crippen LogP contribution is 2.22. The number of para-hydroxylation sites is 1. The van der Waals surface area contributed by atoms with E-state index < -0.39 is 16.7 Å². The normalized spacial score (nSPS) is 10.3. The van der Waals surface area contributed by atoms with E-state index in [1.165, 1.54) is 6.07 Å². The lowest BCUT2D eigenvalue weighted by molar-refractivity contribution is -0.389. The first-order chi connectivity index (χ1) is 8.63. The highest BCUT2D eigenvalue weighted by molar-refractivity contribution is 5.97. The number of hydrogen-bond donors (Lipinski definition) is 0. The minimum Gasteiger partial charge on any atom is -0.462 e. The van der Waals surface area contributed by atoms with Gasteiger partial charge in [0.15, 0.2) is 11.1 Å². The minimum absolute atomic E-state index is 0.124. The van der Waals surface area contributed by atoms with Gasteiger partial charge in [-0.25, -0.2) is 4.79 Å². The highest BCUT2D eigenvalue weighted by atomic mass is 16.6. The molecule has 2 rings (SSSR count). The number of nitrogens with zero attached hydrogens (tertiary/aromatic N) is 2. The molecule has 1 heterocycles. The van der Waals surface area contributed by atoms with Crippen LogP contribution in [0.25, 0.3) is 10.9 Å². The Balaban J connectivity index is 2.65. The molecular weight excluding hydrogens is 236 g/mol. The summed E-state index contributed by atoms with van der Waals surface area (Å²) in [7, 11) is 0. The lowest BCUT2D eigenvalue weighted by Crippen LogP contribution is -2.09. The summed E-state index contributed by atoms with van der Waals surface area (Å²) in [6, 6.07) is 8.30. The van der Waals surface area contributed by atoms with E-state index in [9.17, 15) is 14.9 Å². The van der Waals surface area contributed by atoms with E-state index >= 15 is 0 Å². The Hall–Kier alpha value is -2.50. The molecule has 0 fully saturated rings. The second kappa shape index (κ2) is 4.79. The van der Waals surface area contributed by atoms with Crippen molar-refractivity contribution in [1.82, 2.24) is 4.98 Å². The molecule has 0 aliphatic heterocycles. The molecule has 0 aliphatic carbocycles. The second-order valence-corrected chi connectivity index (χ2v) is 3.53. The summed E-state index contributed by atoms with van der Waals surface area (Å²) in [5.74, 6) is -1.21. The summed E-state index contributed by atoms with van der Waals surface area (Å²) in [6.07, 6.45) is 0. The molecule has 6 nitrogen and oxygen atoms in total. The molecule has 0 aliphatic rings. The monoisotopic (exact) mass is 246 g/mol. The Labute approximate surface area is 102 Å². The van der Waals surface area contributed by atoms with Crippen molar-refractivity contribution in [1.29, 1.82) is 0 Å². The van der Waals surface area contributed by atoms with E-state index in [0.29, 0.717) is 10.9 Å². The van der Waals surface area contributed by atoms with E-state index in [1.54, 1.807) is 31.2 Å². The van der Waals surface area contributed by atoms with E-state index in [1.807, 2.05) is 0 Å². The average molecular weight is 246 g/mol. The Morgan fingerprint density at radius 2 is 2.17 bits per heavy atom. The molecule has 0 radical (unpaired) electrons. The smallest absolute Gasteiger partial charge is 0.378 e. The molecule has 0 spiro atoms. The molecule has 1 aromatic heterocycles. The number of fused-ring (bicyclic) bond motifs is 1. The van der Waals surface area contributed by atoms with Crippen molar-refractivity contribution in [2.45, 2.75) is 6.92 Å². The maximum absolute atomic E-state index is 11.6. The fraction of sp³-hybridized carbons (Fsp3) is 0.167. The third kappa shape index (κ3) is 2.13. The number of hydrogen-bond acceptors (Lipinski definition) is 5. The molecule has 6 heteroatoms. The molecule has 0 atom stereocenters. The molecule has 0 amide bonds. The molecule has 18 heavy (non-hydrogen) atoms. The molecule has 0 bridgehead atoms. The maximum atomic E-state index is 11.6. The van der Waals surface area contributed by atoms with Crippen LogP contribution in [-0.2, 0) is 4.74 Å². The van der Waals surface area contributed by atoms with Crippen LogP contribution in [0.4, 0.5) is 5.82 Å². The molecule has 0 unspecified atom stereocenters. The highest BCUT2D eigenvalue weighted by Gasteiger charge is 2.24. The standard InChI is InChI=1S/C12H10N2O4/c1-2-18-12(15)9-7-8-5-3-4-6-10(8)13-11(9)14(16)17/h3-7H,2H2,1H3. The number of carbonyl (C=O) groups excluding carboxylic acids is 1. The van der Waals surface area contributed by atoms with Crippen molar-refractivity contribution in [3.05, 3.63) is 46.0 Å². The van der Waals surface area contributed by atoms with Crippen LogP contribution in [0.1, 0.15) is 17.3 Å². The summed E-state index contributed by atoms with van der Waals surface area (Å²) in [5.41, 5.74) is 0.345. The molecular formula is C12H10N2O4. The van der Waals surface area contributed by atoms with Crippen molar-refractivity contribution < 1.29 is 14.5 Å². The van der Waals surface area contributed by atoms with Gasteiger partial charge >= 0.3 is 11.8 Å². The first-order valence-corrected chi connectivity index (χ1v) is 5.34. The summed E-state index contributed by atoms with van der Waals surface area (Å²) >= 11 is 0. The lowest BCUT2D eigenvalue weighted by Gasteiger charge is -2.03. The molecule has 0 N–H and O–H groups in total. The number of ether oxygens (including phenoxy) is 1. The Bertz CT molecular complexity index is 625. The van der Waals surface area contributed by atoms with Gasteiger partial charge in [-0.15, -0.1) is 0 Å². The van der Waals surface area contributed by atoms with Crippen molar-refractivity contribution >= 4 is 22.7 Å². The summed E-state index contributed by atoms with van der Waals surface area (Å²) in [5, 5.41) is 11.6. The Morgan fingerprint density at radius 1 is 1.44 bits per heavy atom. The zero-order valence-electron chi connectivity index (χ0n) is 9.62. The van der Waals surface area contributed by atoms with Gasteiger partial charge in [-0.1, -0.05) is 18.2 Å².